The summed E-state index contributed by atoms with van der Waals surface area (Å²) in [6.07, 6.45) is 3.22. The van der Waals surface area contributed by atoms with Crippen molar-refractivity contribution in [2.75, 3.05) is 20.8 Å². The van der Waals surface area contributed by atoms with Crippen molar-refractivity contribution in [2.24, 2.45) is 10.9 Å². The van der Waals surface area contributed by atoms with Crippen LogP contribution in [0.25, 0.3) is 0 Å². The third kappa shape index (κ3) is 4.49. The molecule has 0 bridgehead atoms. The molecule has 1 aromatic carbocycles. The number of esters is 1. The maximum Gasteiger partial charge on any atom is 0.338 e. The molecule has 3 aliphatic rings. The van der Waals surface area contributed by atoms with Gasteiger partial charge in [-0.3, -0.25) is 4.79 Å². The Balaban J connectivity index is 1.68. The number of nitrogens with zero attached hydrogens (tertiary/aromatic N) is 2. The Hall–Kier alpha value is -2.74. The quantitative estimate of drug-likeness (QED) is 0.619. The van der Waals surface area contributed by atoms with E-state index in [9.17, 15) is 9.59 Å². The topological polar surface area (TPSA) is 80.2 Å². The molecule has 0 radical (unpaired) electrons. The second-order valence-electron chi connectivity index (χ2n) is 7.80. The molecule has 2 heterocycles. The minimum absolute atomic E-state index is 0.0154. The second kappa shape index (κ2) is 9.18. The molecule has 1 atom stereocenters. The number of aliphatic imine (C=N–C) groups is 1. The summed E-state index contributed by atoms with van der Waals surface area (Å²) in [4.78, 5) is 32.1. The van der Waals surface area contributed by atoms with Crippen molar-refractivity contribution in [1.29, 1.82) is 0 Å². The molecule has 1 aromatic rings. The van der Waals surface area contributed by atoms with Gasteiger partial charge in [0.25, 0.3) is 0 Å². The zero-order chi connectivity index (χ0) is 22.0. The lowest BCUT2D eigenvalue weighted by molar-refractivity contribution is -0.136. The van der Waals surface area contributed by atoms with Crippen LogP contribution in [0.1, 0.15) is 44.2 Å². The van der Waals surface area contributed by atoms with Crippen molar-refractivity contribution in [3.8, 4) is 5.75 Å². The lowest BCUT2D eigenvalue weighted by Crippen LogP contribution is -2.38. The number of benzene rings is 1. The first-order chi connectivity index (χ1) is 15.0. The van der Waals surface area contributed by atoms with E-state index in [1.807, 2.05) is 41.5 Å². The molecule has 4 rings (SSSR count). The number of thioether (sulfide) groups is 1. The Bertz CT molecular complexity index is 964. The smallest absolute Gasteiger partial charge is 0.338 e. The van der Waals surface area contributed by atoms with Crippen molar-refractivity contribution < 1.29 is 19.1 Å². The molecule has 0 aromatic heterocycles. The molecule has 1 aliphatic carbocycles. The van der Waals surface area contributed by atoms with Crippen molar-refractivity contribution >= 4 is 28.8 Å². The van der Waals surface area contributed by atoms with Gasteiger partial charge in [0.2, 0.25) is 5.91 Å². The first-order valence-corrected chi connectivity index (χ1v) is 11.4. The highest BCUT2D eigenvalue weighted by molar-refractivity contribution is 8.16. The van der Waals surface area contributed by atoms with Crippen LogP contribution >= 0.6 is 11.8 Å². The van der Waals surface area contributed by atoms with Crippen LogP contribution in [0.5, 0.6) is 5.75 Å². The maximum absolute atomic E-state index is 12.8. The summed E-state index contributed by atoms with van der Waals surface area (Å²) in [5.74, 6) is 0.933. The van der Waals surface area contributed by atoms with Crippen molar-refractivity contribution in [3.05, 3.63) is 52.2 Å². The molecule has 31 heavy (non-hydrogen) atoms. The van der Waals surface area contributed by atoms with E-state index in [0.717, 1.165) is 28.7 Å². The van der Waals surface area contributed by atoms with Gasteiger partial charge >= 0.3 is 5.97 Å². The van der Waals surface area contributed by atoms with Crippen LogP contribution in [0.15, 0.2) is 51.6 Å². The Morgan fingerprint density at radius 2 is 1.97 bits per heavy atom. The van der Waals surface area contributed by atoms with Gasteiger partial charge in [-0.2, -0.15) is 0 Å². The second-order valence-corrected chi connectivity index (χ2v) is 8.63. The number of carbonyl (C=O) groups is 2. The molecule has 0 saturated heterocycles. The summed E-state index contributed by atoms with van der Waals surface area (Å²) in [6.45, 7) is 2.71. The maximum atomic E-state index is 12.8. The lowest BCUT2D eigenvalue weighted by Gasteiger charge is -2.36. The number of hydrogen-bond acceptors (Lipinski definition) is 7. The van der Waals surface area contributed by atoms with E-state index in [0.29, 0.717) is 23.6 Å². The van der Waals surface area contributed by atoms with Gasteiger partial charge < -0.3 is 19.7 Å². The van der Waals surface area contributed by atoms with Gasteiger partial charge in [0.15, 0.2) is 5.17 Å². The van der Waals surface area contributed by atoms with Gasteiger partial charge in [-0.1, -0.05) is 30.8 Å². The number of rotatable bonds is 8. The summed E-state index contributed by atoms with van der Waals surface area (Å²) >= 11 is 1.48. The fourth-order valence-corrected chi connectivity index (χ4v) is 4.76. The normalized spacial score (nSPS) is 20.1. The first-order valence-electron chi connectivity index (χ1n) is 10.5. The monoisotopic (exact) mass is 441 g/mol. The highest BCUT2D eigenvalue weighted by atomic mass is 32.2. The molecule has 2 aliphatic heterocycles. The molecular formula is C23H27N3O4S. The van der Waals surface area contributed by atoms with Gasteiger partial charge in [0, 0.05) is 12.2 Å². The van der Waals surface area contributed by atoms with Gasteiger partial charge in [-0.25, -0.2) is 9.79 Å². The minimum atomic E-state index is -0.418. The summed E-state index contributed by atoms with van der Waals surface area (Å²) < 4.78 is 10.4. The number of nitrogens with one attached hydrogen (secondary N) is 1. The van der Waals surface area contributed by atoms with Crippen LogP contribution < -0.4 is 10.1 Å². The molecule has 1 saturated carbocycles. The van der Waals surface area contributed by atoms with Gasteiger partial charge in [0.1, 0.15) is 5.75 Å². The number of allylic oxidation sites excluding steroid dienone is 1. The molecular weight excluding hydrogens is 414 g/mol. The summed E-state index contributed by atoms with van der Waals surface area (Å²) in [5.41, 5.74) is 2.95. The molecule has 1 fully saturated rings. The van der Waals surface area contributed by atoms with E-state index < -0.39 is 12.0 Å². The zero-order valence-corrected chi connectivity index (χ0v) is 18.8. The van der Waals surface area contributed by atoms with Crippen molar-refractivity contribution in [2.45, 2.75) is 38.6 Å². The fourth-order valence-electron chi connectivity index (χ4n) is 3.82. The SMILES string of the molecule is CCC1=C(C(=O)OC)[C@@H](c2ccc(OC)cc2)N2C(CC(=O)NCC3CC3)=CSC2=N1. The summed E-state index contributed by atoms with van der Waals surface area (Å²) in [5, 5.41) is 5.76. The largest absolute Gasteiger partial charge is 0.497 e. The van der Waals surface area contributed by atoms with E-state index in [4.69, 9.17) is 14.5 Å². The van der Waals surface area contributed by atoms with E-state index in [1.165, 1.54) is 31.7 Å². The third-order valence-electron chi connectivity index (χ3n) is 5.69. The van der Waals surface area contributed by atoms with Gasteiger partial charge in [-0.05, 0) is 48.3 Å². The number of amides is 1. The van der Waals surface area contributed by atoms with E-state index in [-0.39, 0.29) is 12.3 Å². The van der Waals surface area contributed by atoms with Crippen LogP contribution in [0.2, 0.25) is 0 Å². The molecule has 7 nitrogen and oxygen atoms in total. The number of carbonyl (C=O) groups excluding carboxylic acids is 2. The standard InChI is InChI=1S/C23H27N3O4S/c1-4-18-20(22(28)30-3)21(15-7-9-17(29-2)10-8-15)26-16(13-31-23(26)25-18)11-19(27)24-12-14-5-6-14/h7-10,13-14,21H,4-6,11-12H2,1-3H3,(H,24,27)/t21-/m1/s1. The molecule has 1 amide bonds. The third-order valence-corrected chi connectivity index (χ3v) is 6.58. The average Bonchev–Trinajstić information content (AvgIpc) is 3.56. The average molecular weight is 442 g/mol. The first kappa shape index (κ1) is 21.5. The van der Waals surface area contributed by atoms with Crippen LogP contribution in [0.4, 0.5) is 0 Å². The van der Waals surface area contributed by atoms with Crippen LogP contribution in [-0.2, 0) is 14.3 Å². The number of hydrogen-bond donors (Lipinski definition) is 1. The Labute approximate surface area is 186 Å². The molecule has 0 unspecified atom stereocenters. The highest BCUT2D eigenvalue weighted by Gasteiger charge is 2.41. The van der Waals surface area contributed by atoms with Crippen LogP contribution in [-0.4, -0.2) is 42.7 Å². The van der Waals surface area contributed by atoms with Gasteiger partial charge in [-0.15, -0.1) is 0 Å². The highest BCUT2D eigenvalue weighted by Crippen LogP contribution is 2.45. The Morgan fingerprint density at radius 1 is 1.23 bits per heavy atom. The number of amidine groups is 1. The fraction of sp³-hybridized carbons (Fsp3) is 0.435. The molecule has 8 heteroatoms. The Kier molecular flexibility index (Phi) is 6.36. The lowest BCUT2D eigenvalue weighted by atomic mass is 9.93. The number of ether oxygens (including phenoxy) is 2. The molecule has 1 N–H and O–H groups in total. The molecule has 0 spiro atoms. The predicted molar refractivity (Wildman–Crippen MR) is 120 cm³/mol. The van der Waals surface area contributed by atoms with E-state index in [2.05, 4.69) is 5.32 Å². The Morgan fingerprint density at radius 3 is 2.58 bits per heavy atom. The van der Waals surface area contributed by atoms with Gasteiger partial charge in [0.05, 0.1) is 38.0 Å². The van der Waals surface area contributed by atoms with Crippen LogP contribution in [0, 0.1) is 5.92 Å². The molecule has 164 valence electrons. The van der Waals surface area contributed by atoms with Crippen LogP contribution in [0.3, 0.4) is 0 Å². The predicted octanol–water partition coefficient (Wildman–Crippen LogP) is 3.75. The summed E-state index contributed by atoms with van der Waals surface area (Å²) in [6, 6.07) is 7.21. The van der Waals surface area contributed by atoms with E-state index >= 15 is 0 Å². The summed E-state index contributed by atoms with van der Waals surface area (Å²) in [7, 11) is 3.00. The zero-order valence-electron chi connectivity index (χ0n) is 18.0. The van der Waals surface area contributed by atoms with E-state index in [1.54, 1.807) is 7.11 Å². The van der Waals surface area contributed by atoms with Crippen molar-refractivity contribution in [1.82, 2.24) is 10.2 Å². The number of methoxy groups -OCH3 is 2. The minimum Gasteiger partial charge on any atom is -0.497 e. The van der Waals surface area contributed by atoms with Crippen molar-refractivity contribution in [3.63, 3.8) is 0 Å². The number of fused-ring (bicyclic) bond motifs is 1.